The first-order chi connectivity index (χ1) is 16.8. The summed E-state index contributed by atoms with van der Waals surface area (Å²) in [6, 6.07) is 13.0. The minimum atomic E-state index is -2.12. The molecular formula is C27H21F9. The number of benzene rings is 3. The van der Waals surface area contributed by atoms with Crippen LogP contribution in [0.1, 0.15) is 33.4 Å². The van der Waals surface area contributed by atoms with E-state index >= 15 is 0 Å². The summed E-state index contributed by atoms with van der Waals surface area (Å²) < 4.78 is 109. The minimum Gasteiger partial charge on any atom is -0.206 e. The number of hydrogen-bond acceptors (Lipinski definition) is 0. The second kappa shape index (κ2) is 14.6. The minimum absolute atomic E-state index is 0.0828. The van der Waals surface area contributed by atoms with Crippen LogP contribution in [-0.2, 0) is 0 Å². The van der Waals surface area contributed by atoms with Crippen LogP contribution in [0.3, 0.4) is 0 Å². The molecule has 0 amide bonds. The molecule has 0 atom stereocenters. The molecule has 3 aromatic rings. The zero-order chi connectivity index (χ0) is 27.4. The lowest BCUT2D eigenvalue weighted by atomic mass is 10.1. The highest BCUT2D eigenvalue weighted by atomic mass is 19.3. The van der Waals surface area contributed by atoms with Crippen LogP contribution in [0.2, 0.25) is 0 Å². The second-order valence-electron chi connectivity index (χ2n) is 7.38. The van der Waals surface area contributed by atoms with Crippen molar-refractivity contribution >= 4 is 18.2 Å². The van der Waals surface area contributed by atoms with Crippen LogP contribution in [0.15, 0.2) is 72.8 Å². The monoisotopic (exact) mass is 516 g/mol. The van der Waals surface area contributed by atoms with Gasteiger partial charge in [0.05, 0.1) is 5.56 Å². The van der Waals surface area contributed by atoms with Crippen molar-refractivity contribution in [3.63, 3.8) is 0 Å². The summed E-state index contributed by atoms with van der Waals surface area (Å²) in [6.45, 7) is 5.09. The van der Waals surface area contributed by atoms with Gasteiger partial charge in [-0.1, -0.05) is 42.0 Å². The first-order valence-electron chi connectivity index (χ1n) is 10.1. The van der Waals surface area contributed by atoms with Crippen molar-refractivity contribution in [2.75, 3.05) is 0 Å². The summed E-state index contributed by atoms with van der Waals surface area (Å²) in [6.07, 6.45) is -4.15. The van der Waals surface area contributed by atoms with Gasteiger partial charge in [0.25, 0.3) is 18.2 Å². The molecule has 0 spiro atoms. The molecule has 0 radical (unpaired) electrons. The second-order valence-corrected chi connectivity index (χ2v) is 7.38. The molecule has 0 aliphatic heterocycles. The van der Waals surface area contributed by atoms with Gasteiger partial charge in [-0.15, -0.1) is 0 Å². The Morgan fingerprint density at radius 2 is 0.944 bits per heavy atom. The zero-order valence-electron chi connectivity index (χ0n) is 19.3. The average molecular weight is 516 g/mol. The Morgan fingerprint density at radius 1 is 0.500 bits per heavy atom. The van der Waals surface area contributed by atoms with Gasteiger partial charge in [-0.25, -0.2) is 13.2 Å². The van der Waals surface area contributed by atoms with Gasteiger partial charge in [-0.3, -0.25) is 0 Å². The van der Waals surface area contributed by atoms with Crippen molar-refractivity contribution in [1.29, 1.82) is 0 Å². The first kappa shape index (κ1) is 30.3. The number of hydrogen-bond donors (Lipinski definition) is 0. The van der Waals surface area contributed by atoms with Gasteiger partial charge >= 0.3 is 0 Å². The summed E-state index contributed by atoms with van der Waals surface area (Å²) >= 11 is 0. The maximum atomic E-state index is 12.9. The summed E-state index contributed by atoms with van der Waals surface area (Å²) in [5, 5.41) is 0. The summed E-state index contributed by atoms with van der Waals surface area (Å²) in [5.41, 5.74) is 1.89. The third kappa shape index (κ3) is 11.6. The van der Waals surface area contributed by atoms with Crippen LogP contribution < -0.4 is 0 Å². The lowest BCUT2D eigenvalue weighted by Gasteiger charge is -2.00. The molecule has 0 saturated carbocycles. The maximum absolute atomic E-state index is 12.9. The molecule has 192 valence electrons. The van der Waals surface area contributed by atoms with Crippen LogP contribution >= 0.6 is 0 Å². The smallest absolute Gasteiger partial charge is 0.206 e. The van der Waals surface area contributed by atoms with Crippen molar-refractivity contribution in [2.24, 2.45) is 0 Å². The fourth-order valence-corrected chi connectivity index (χ4v) is 2.61. The lowest BCUT2D eigenvalue weighted by molar-refractivity contribution is 0.427. The Bertz CT molecular complexity index is 1210. The van der Waals surface area contributed by atoms with Crippen molar-refractivity contribution in [2.45, 2.75) is 20.8 Å². The molecule has 3 rings (SSSR count). The molecule has 0 N–H and O–H groups in total. The van der Waals surface area contributed by atoms with Crippen molar-refractivity contribution in [3.8, 4) is 0 Å². The normalized spacial score (nSPS) is 9.67. The Hall–Kier alpha value is -3.75. The fourth-order valence-electron chi connectivity index (χ4n) is 2.61. The molecule has 0 fully saturated rings. The molecule has 0 saturated heterocycles. The first-order valence-corrected chi connectivity index (χ1v) is 10.1. The fraction of sp³-hybridized carbons (Fsp3) is 0.111. The van der Waals surface area contributed by atoms with Crippen LogP contribution in [0.5, 0.6) is 0 Å². The molecule has 0 heterocycles. The molecule has 3 aromatic carbocycles. The van der Waals surface area contributed by atoms with Gasteiger partial charge in [-0.2, -0.15) is 26.3 Å². The van der Waals surface area contributed by atoms with Crippen molar-refractivity contribution in [3.05, 3.63) is 124 Å². The Morgan fingerprint density at radius 3 is 1.39 bits per heavy atom. The van der Waals surface area contributed by atoms with Crippen molar-refractivity contribution in [1.82, 2.24) is 0 Å². The quantitative estimate of drug-likeness (QED) is 0.304. The largest absolute Gasteiger partial charge is 0.271 e. The van der Waals surface area contributed by atoms with Gasteiger partial charge in [0.1, 0.15) is 17.5 Å². The van der Waals surface area contributed by atoms with Gasteiger partial charge < -0.3 is 0 Å². The van der Waals surface area contributed by atoms with Crippen LogP contribution in [0.25, 0.3) is 18.2 Å². The maximum Gasteiger partial charge on any atom is 0.271 e. The van der Waals surface area contributed by atoms with E-state index in [4.69, 9.17) is 0 Å². The highest BCUT2D eigenvalue weighted by Crippen LogP contribution is 2.19. The van der Waals surface area contributed by atoms with E-state index in [1.807, 2.05) is 6.92 Å². The predicted molar refractivity (Wildman–Crippen MR) is 124 cm³/mol. The summed E-state index contributed by atoms with van der Waals surface area (Å²) in [4.78, 5) is 0. The van der Waals surface area contributed by atoms with E-state index in [0.29, 0.717) is 22.8 Å². The third-order valence-corrected chi connectivity index (χ3v) is 4.25. The molecule has 0 aliphatic rings. The zero-order valence-corrected chi connectivity index (χ0v) is 19.3. The van der Waals surface area contributed by atoms with Gasteiger partial charge in [0.15, 0.2) is 0 Å². The van der Waals surface area contributed by atoms with Gasteiger partial charge in [-0.05, 0) is 55.7 Å². The van der Waals surface area contributed by atoms with Gasteiger partial charge in [0, 0.05) is 23.8 Å². The molecule has 0 aliphatic carbocycles. The van der Waals surface area contributed by atoms with Crippen molar-refractivity contribution < 1.29 is 39.5 Å². The third-order valence-electron chi connectivity index (χ3n) is 4.25. The highest BCUT2D eigenvalue weighted by molar-refractivity contribution is 5.52. The van der Waals surface area contributed by atoms with Crippen LogP contribution in [0.4, 0.5) is 39.5 Å². The molecule has 0 unspecified atom stereocenters. The van der Waals surface area contributed by atoms with E-state index in [1.165, 1.54) is 19.1 Å². The highest BCUT2D eigenvalue weighted by Gasteiger charge is 2.08. The molecule has 0 nitrogen and oxygen atoms in total. The average Bonchev–Trinajstić information content (AvgIpc) is 2.75. The Kier molecular flexibility index (Phi) is 12.3. The molecule has 9 heteroatoms. The Balaban J connectivity index is 0.000000271. The summed E-state index contributed by atoms with van der Waals surface area (Å²) in [7, 11) is 0. The number of aryl methyl sites for hydroxylation is 3. The van der Waals surface area contributed by atoms with E-state index in [1.54, 1.807) is 37.3 Å². The number of rotatable bonds is 3. The van der Waals surface area contributed by atoms with Gasteiger partial charge in [0.2, 0.25) is 0 Å². The molecular weight excluding hydrogens is 495 g/mol. The topological polar surface area (TPSA) is 0 Å². The molecule has 36 heavy (non-hydrogen) atoms. The van der Waals surface area contributed by atoms with E-state index in [-0.39, 0.29) is 11.6 Å². The SMILES string of the molecule is Cc1cc(F)c(C=C(F)F)c(F)c1.Cc1ccc(C=C(F)F)c(F)c1.Cc1ccc(C=C(F)F)cc1. The van der Waals surface area contributed by atoms with Crippen LogP contribution in [0, 0.1) is 38.2 Å². The lowest BCUT2D eigenvalue weighted by Crippen LogP contribution is -1.90. The van der Waals surface area contributed by atoms with E-state index < -0.39 is 41.3 Å². The molecule has 0 bridgehead atoms. The standard InChI is InChI=1S/C9H6F4.C9H7F3.C9H8F2/c1-5-2-7(10)6(4-9(12)13)8(11)3-5;1-6-2-3-7(5-9(11)12)8(10)4-6;1-7-2-4-8(5-3-7)6-9(10)11/h2-4H,1H3;2-5H,1H3;2-6H,1H3. The number of halogens is 9. The van der Waals surface area contributed by atoms with Crippen LogP contribution in [-0.4, -0.2) is 0 Å². The molecule has 0 aromatic heterocycles. The van der Waals surface area contributed by atoms with E-state index in [0.717, 1.165) is 23.8 Å². The van der Waals surface area contributed by atoms with E-state index in [9.17, 15) is 39.5 Å². The summed E-state index contributed by atoms with van der Waals surface area (Å²) in [5.74, 6) is -2.58. The predicted octanol–water partition coefficient (Wildman–Crippen LogP) is 10.1. The Labute approximate surface area is 202 Å². The van der Waals surface area contributed by atoms with E-state index in [2.05, 4.69) is 0 Å².